The summed E-state index contributed by atoms with van der Waals surface area (Å²) >= 11 is 0. The van der Waals surface area contributed by atoms with Gasteiger partial charge >= 0.3 is 17.7 Å². The lowest BCUT2D eigenvalue weighted by atomic mass is 10.2. The minimum absolute atomic E-state index is 0.00648. The number of amides is 3. The lowest BCUT2D eigenvalue weighted by Crippen LogP contribution is -2.37. The molecule has 0 bridgehead atoms. The average molecular weight is 417 g/mol. The third kappa shape index (κ3) is 6.19. The quantitative estimate of drug-likeness (QED) is 0.378. The molecule has 0 spiro atoms. The molecule has 0 unspecified atom stereocenters. The van der Waals surface area contributed by atoms with E-state index in [-0.39, 0.29) is 17.9 Å². The van der Waals surface area contributed by atoms with Crippen LogP contribution in [0.3, 0.4) is 0 Å². The minimum atomic E-state index is -0.966. The van der Waals surface area contributed by atoms with Gasteiger partial charge in [0.2, 0.25) is 0 Å². The Kier molecular flexibility index (Phi) is 7.68. The first-order valence-electron chi connectivity index (χ1n) is 8.67. The first-order chi connectivity index (χ1) is 14.3. The zero-order valence-corrected chi connectivity index (χ0v) is 16.2. The van der Waals surface area contributed by atoms with Crippen molar-refractivity contribution in [1.82, 2.24) is 5.32 Å². The highest BCUT2D eigenvalue weighted by Crippen LogP contribution is 2.28. The number of nitro groups is 1. The number of ether oxygens (including phenoxy) is 3. The van der Waals surface area contributed by atoms with Gasteiger partial charge < -0.3 is 19.5 Å². The van der Waals surface area contributed by atoms with Crippen molar-refractivity contribution in [2.24, 2.45) is 0 Å². The van der Waals surface area contributed by atoms with Gasteiger partial charge in [-0.1, -0.05) is 0 Å². The normalized spacial score (nSPS) is 9.93. The van der Waals surface area contributed by atoms with Crippen molar-refractivity contribution in [1.29, 1.82) is 0 Å². The summed E-state index contributed by atoms with van der Waals surface area (Å²) in [5.74, 6) is -1.24. The fourth-order valence-electron chi connectivity index (χ4n) is 2.28. The molecule has 0 aromatic heterocycles. The van der Waals surface area contributed by atoms with Gasteiger partial charge in [-0.3, -0.25) is 20.2 Å². The van der Waals surface area contributed by atoms with Crippen molar-refractivity contribution >= 4 is 29.3 Å². The summed E-state index contributed by atoms with van der Waals surface area (Å²) in [6.45, 7) is 1.12. The van der Waals surface area contributed by atoms with E-state index in [4.69, 9.17) is 14.2 Å². The van der Waals surface area contributed by atoms with Gasteiger partial charge in [-0.15, -0.1) is 0 Å². The fourth-order valence-corrected chi connectivity index (χ4v) is 2.28. The summed E-state index contributed by atoms with van der Waals surface area (Å²) in [6.07, 6.45) is 0. The third-order valence-electron chi connectivity index (χ3n) is 3.63. The molecule has 0 aliphatic carbocycles. The molecule has 0 fully saturated rings. The first-order valence-corrected chi connectivity index (χ1v) is 8.67. The lowest BCUT2D eigenvalue weighted by Gasteiger charge is -2.09. The topological polar surface area (TPSA) is 146 Å². The van der Waals surface area contributed by atoms with Gasteiger partial charge in [0.05, 0.1) is 24.2 Å². The van der Waals surface area contributed by atoms with Crippen LogP contribution >= 0.6 is 0 Å². The maximum Gasteiger partial charge on any atom is 0.338 e. The van der Waals surface area contributed by atoms with E-state index >= 15 is 0 Å². The molecule has 0 saturated carbocycles. The Labute approximate surface area is 171 Å². The van der Waals surface area contributed by atoms with E-state index in [1.54, 1.807) is 31.2 Å². The summed E-state index contributed by atoms with van der Waals surface area (Å²) in [7, 11) is 1.50. The Morgan fingerprint density at radius 1 is 1.10 bits per heavy atom. The second-order valence-corrected chi connectivity index (χ2v) is 5.68. The van der Waals surface area contributed by atoms with E-state index in [0.29, 0.717) is 11.4 Å². The molecule has 3 amide bonds. The van der Waals surface area contributed by atoms with Gasteiger partial charge in [-0.05, 0) is 43.3 Å². The van der Waals surface area contributed by atoms with Gasteiger partial charge in [0, 0.05) is 11.8 Å². The van der Waals surface area contributed by atoms with E-state index in [9.17, 15) is 24.5 Å². The second-order valence-electron chi connectivity index (χ2n) is 5.68. The van der Waals surface area contributed by atoms with Crippen LogP contribution in [0.1, 0.15) is 17.3 Å². The monoisotopic (exact) mass is 417 g/mol. The SMILES string of the molecule is CCOc1ccc(C(=O)OCC(=O)NC(=O)Nc2ccc(OC)cc2)cc1[N+](=O)[O-]. The van der Waals surface area contributed by atoms with Crippen LogP contribution in [0, 0.1) is 10.1 Å². The average Bonchev–Trinajstić information content (AvgIpc) is 2.72. The highest BCUT2D eigenvalue weighted by Gasteiger charge is 2.20. The Morgan fingerprint density at radius 2 is 1.80 bits per heavy atom. The number of hydrogen-bond acceptors (Lipinski definition) is 8. The van der Waals surface area contributed by atoms with Crippen LogP contribution in [0.4, 0.5) is 16.2 Å². The van der Waals surface area contributed by atoms with Crippen LogP contribution in [0.5, 0.6) is 11.5 Å². The number of esters is 1. The highest BCUT2D eigenvalue weighted by atomic mass is 16.6. The summed E-state index contributed by atoms with van der Waals surface area (Å²) in [4.78, 5) is 46.1. The summed E-state index contributed by atoms with van der Waals surface area (Å²) < 4.78 is 14.9. The smallest absolute Gasteiger partial charge is 0.338 e. The number of imide groups is 1. The Bertz CT molecular complexity index is 943. The molecule has 2 rings (SSSR count). The van der Waals surface area contributed by atoms with Gasteiger partial charge in [-0.25, -0.2) is 9.59 Å². The second kappa shape index (κ2) is 10.4. The molecule has 0 aliphatic rings. The van der Waals surface area contributed by atoms with Crippen LogP contribution in [-0.4, -0.2) is 43.2 Å². The van der Waals surface area contributed by atoms with Crippen molar-refractivity contribution < 1.29 is 33.5 Å². The minimum Gasteiger partial charge on any atom is -0.497 e. The van der Waals surface area contributed by atoms with E-state index in [1.807, 2.05) is 5.32 Å². The van der Waals surface area contributed by atoms with Crippen molar-refractivity contribution in [2.45, 2.75) is 6.92 Å². The molecule has 158 valence electrons. The van der Waals surface area contributed by atoms with E-state index in [2.05, 4.69) is 5.32 Å². The summed E-state index contributed by atoms with van der Waals surface area (Å²) in [5.41, 5.74) is -0.130. The summed E-state index contributed by atoms with van der Waals surface area (Å²) in [6, 6.07) is 9.09. The molecule has 2 aromatic carbocycles. The first kappa shape index (κ1) is 22.1. The number of methoxy groups -OCH3 is 1. The molecule has 0 atom stereocenters. The van der Waals surface area contributed by atoms with Crippen LogP contribution < -0.4 is 20.1 Å². The Hall–Kier alpha value is -4.15. The molecule has 0 heterocycles. The van der Waals surface area contributed by atoms with Crippen LogP contribution in [0.2, 0.25) is 0 Å². The molecule has 0 radical (unpaired) electrons. The number of carbonyl (C=O) groups is 3. The number of rotatable bonds is 8. The molecule has 2 aromatic rings. The van der Waals surface area contributed by atoms with Gasteiger partial charge in [-0.2, -0.15) is 0 Å². The predicted molar refractivity (Wildman–Crippen MR) is 105 cm³/mol. The molecule has 2 N–H and O–H groups in total. The molecule has 30 heavy (non-hydrogen) atoms. The van der Waals surface area contributed by atoms with Gasteiger partial charge in [0.15, 0.2) is 12.4 Å². The van der Waals surface area contributed by atoms with Gasteiger partial charge in [0.1, 0.15) is 5.75 Å². The molecular formula is C19H19N3O8. The summed E-state index contributed by atoms with van der Waals surface area (Å²) in [5, 5.41) is 15.5. The standard InChI is InChI=1S/C19H19N3O8/c1-3-29-16-9-4-12(10-15(16)22(26)27)18(24)30-11-17(23)21-19(25)20-13-5-7-14(28-2)8-6-13/h4-10H,3,11H2,1-2H3,(H2,20,21,23,25). The molecule has 0 aliphatic heterocycles. The van der Waals surface area contributed by atoms with Crippen molar-refractivity contribution in [3.05, 3.63) is 58.1 Å². The van der Waals surface area contributed by atoms with E-state index in [1.165, 1.54) is 19.2 Å². The van der Waals surface area contributed by atoms with Crippen molar-refractivity contribution in [2.75, 3.05) is 25.6 Å². The van der Waals surface area contributed by atoms with E-state index < -0.39 is 35.1 Å². The number of nitrogens with one attached hydrogen (secondary N) is 2. The third-order valence-corrected chi connectivity index (χ3v) is 3.63. The lowest BCUT2D eigenvalue weighted by molar-refractivity contribution is -0.385. The number of nitro benzene ring substituents is 1. The van der Waals surface area contributed by atoms with Crippen LogP contribution in [0.25, 0.3) is 0 Å². The molecule has 11 nitrogen and oxygen atoms in total. The number of benzene rings is 2. The zero-order valence-electron chi connectivity index (χ0n) is 16.2. The fraction of sp³-hybridized carbons (Fsp3) is 0.211. The number of hydrogen-bond donors (Lipinski definition) is 2. The Morgan fingerprint density at radius 3 is 2.40 bits per heavy atom. The number of anilines is 1. The largest absolute Gasteiger partial charge is 0.497 e. The molecular weight excluding hydrogens is 398 g/mol. The molecule has 0 saturated heterocycles. The van der Waals surface area contributed by atoms with Crippen LogP contribution in [-0.2, 0) is 9.53 Å². The number of carbonyl (C=O) groups excluding carboxylic acids is 3. The van der Waals surface area contributed by atoms with Gasteiger partial charge in [0.25, 0.3) is 5.91 Å². The maximum absolute atomic E-state index is 12.1. The highest BCUT2D eigenvalue weighted by molar-refractivity contribution is 6.02. The maximum atomic E-state index is 12.1. The van der Waals surface area contributed by atoms with Crippen LogP contribution in [0.15, 0.2) is 42.5 Å². The van der Waals surface area contributed by atoms with Crippen molar-refractivity contribution in [3.63, 3.8) is 0 Å². The van der Waals surface area contributed by atoms with Crippen molar-refractivity contribution in [3.8, 4) is 11.5 Å². The number of nitrogens with zero attached hydrogens (tertiary/aromatic N) is 1. The zero-order chi connectivity index (χ0) is 22.1. The Balaban J connectivity index is 1.89. The molecule has 11 heteroatoms. The van der Waals surface area contributed by atoms with E-state index in [0.717, 1.165) is 6.07 Å². The number of urea groups is 1. The predicted octanol–water partition coefficient (Wildman–Crippen LogP) is 2.51.